The van der Waals surface area contributed by atoms with Crippen LogP contribution in [0.15, 0.2) is 89.9 Å². The molecule has 4 aromatic rings. The minimum atomic E-state index is -0.359. The molecule has 1 aliphatic rings. The Kier molecular flexibility index (Phi) is 11.5. The van der Waals surface area contributed by atoms with Crippen molar-refractivity contribution in [2.75, 3.05) is 6.61 Å². The van der Waals surface area contributed by atoms with E-state index in [0.29, 0.717) is 37.9 Å². The van der Waals surface area contributed by atoms with Gasteiger partial charge in [0.2, 0.25) is 0 Å². The van der Waals surface area contributed by atoms with Crippen LogP contribution in [0.3, 0.4) is 0 Å². The Hall–Kier alpha value is -4.88. The molecule has 0 saturated carbocycles. The molecule has 244 valence electrons. The standard InChI is InChI=1S/C40H44N2O5/c1-2-3-4-5-6-7-32(43)14-8-27-10-18-37(46)38(26-27)47-23-21-30-13-19-36(45)35(39(30)29-11-15-33(44)16-12-29)25-28-9-17-34-31(24-28)20-22-42-40(34)41/h6-7,9-13,15-19,22,24,26,40,44-46H,2-5,8,14,20-21,23,25,41H2,1H3. The highest BCUT2D eigenvalue weighted by atomic mass is 16.5. The number of ketones is 1. The van der Waals surface area contributed by atoms with Crippen molar-refractivity contribution in [2.45, 2.75) is 70.9 Å². The summed E-state index contributed by atoms with van der Waals surface area (Å²) < 4.78 is 6.09. The number of hydrogen-bond acceptors (Lipinski definition) is 7. The van der Waals surface area contributed by atoms with E-state index in [9.17, 15) is 20.1 Å². The van der Waals surface area contributed by atoms with E-state index in [1.165, 1.54) is 6.42 Å². The maximum Gasteiger partial charge on any atom is 0.161 e. The first-order chi connectivity index (χ1) is 22.8. The molecule has 0 radical (unpaired) electrons. The number of unbranched alkanes of at least 4 members (excludes halogenated alkanes) is 3. The van der Waals surface area contributed by atoms with Gasteiger partial charge in [-0.2, -0.15) is 0 Å². The highest BCUT2D eigenvalue weighted by Crippen LogP contribution is 2.37. The lowest BCUT2D eigenvalue weighted by atomic mass is 9.88. The summed E-state index contributed by atoms with van der Waals surface area (Å²) in [5, 5.41) is 31.6. The number of carbonyl (C=O) groups is 1. The molecule has 4 aromatic carbocycles. The van der Waals surface area contributed by atoms with Gasteiger partial charge in [-0.05, 0) is 94.6 Å². The lowest BCUT2D eigenvalue weighted by Crippen LogP contribution is -2.15. The van der Waals surface area contributed by atoms with Gasteiger partial charge in [-0.25, -0.2) is 0 Å². The molecule has 0 fully saturated rings. The summed E-state index contributed by atoms with van der Waals surface area (Å²) in [5.74, 6) is 0.844. The molecule has 1 heterocycles. The van der Waals surface area contributed by atoms with Crippen LogP contribution >= 0.6 is 0 Å². The number of benzene rings is 4. The average molecular weight is 633 g/mol. The van der Waals surface area contributed by atoms with Gasteiger partial charge in [-0.1, -0.05) is 68.3 Å². The van der Waals surface area contributed by atoms with Crippen LogP contribution in [0, 0.1) is 0 Å². The Morgan fingerprint density at radius 3 is 2.53 bits per heavy atom. The van der Waals surface area contributed by atoms with Crippen LogP contribution in [-0.2, 0) is 30.5 Å². The minimum Gasteiger partial charge on any atom is -0.508 e. The highest BCUT2D eigenvalue weighted by Gasteiger charge is 2.19. The lowest BCUT2D eigenvalue weighted by molar-refractivity contribution is -0.114. The average Bonchev–Trinajstić information content (AvgIpc) is 3.07. The number of phenols is 3. The molecule has 1 unspecified atom stereocenters. The number of nitrogens with zero attached hydrogens (tertiary/aromatic N) is 1. The van der Waals surface area contributed by atoms with Gasteiger partial charge in [-0.3, -0.25) is 9.79 Å². The zero-order chi connectivity index (χ0) is 33.2. The number of hydrogen-bond donors (Lipinski definition) is 4. The van der Waals surface area contributed by atoms with Crippen LogP contribution in [0.25, 0.3) is 11.1 Å². The van der Waals surface area contributed by atoms with Crippen LogP contribution in [0.1, 0.15) is 78.6 Å². The predicted octanol–water partition coefficient (Wildman–Crippen LogP) is 7.91. The number of nitrogens with two attached hydrogens (primary N) is 1. The smallest absolute Gasteiger partial charge is 0.161 e. The van der Waals surface area contributed by atoms with Crippen molar-refractivity contribution in [3.05, 3.63) is 118 Å². The number of ether oxygens (including phenoxy) is 1. The summed E-state index contributed by atoms with van der Waals surface area (Å²) >= 11 is 0. The molecule has 0 saturated heterocycles. The Morgan fingerprint density at radius 2 is 1.72 bits per heavy atom. The van der Waals surface area contributed by atoms with Crippen molar-refractivity contribution < 1.29 is 24.9 Å². The monoisotopic (exact) mass is 632 g/mol. The molecular weight excluding hydrogens is 588 g/mol. The fourth-order valence-corrected chi connectivity index (χ4v) is 6.02. The highest BCUT2D eigenvalue weighted by molar-refractivity contribution is 5.89. The molecule has 0 amide bonds. The second-order valence-corrected chi connectivity index (χ2v) is 12.1. The van der Waals surface area contributed by atoms with E-state index in [2.05, 4.69) is 18.0 Å². The van der Waals surface area contributed by atoms with Crippen LogP contribution in [0.2, 0.25) is 0 Å². The van der Waals surface area contributed by atoms with Gasteiger partial charge in [0, 0.05) is 37.5 Å². The second-order valence-electron chi connectivity index (χ2n) is 12.1. The number of aliphatic imine (C=N–C) groups is 1. The van der Waals surface area contributed by atoms with E-state index < -0.39 is 0 Å². The number of aromatic hydroxyl groups is 3. The maximum absolute atomic E-state index is 12.3. The molecular formula is C40H44N2O5. The maximum atomic E-state index is 12.3. The summed E-state index contributed by atoms with van der Waals surface area (Å²) in [6.07, 6.45) is 12.1. The zero-order valence-corrected chi connectivity index (χ0v) is 27.0. The largest absolute Gasteiger partial charge is 0.508 e. The molecule has 0 aliphatic carbocycles. The van der Waals surface area contributed by atoms with E-state index in [4.69, 9.17) is 10.5 Å². The van der Waals surface area contributed by atoms with Gasteiger partial charge in [0.25, 0.3) is 0 Å². The van der Waals surface area contributed by atoms with Crippen molar-refractivity contribution in [1.82, 2.24) is 0 Å². The zero-order valence-electron chi connectivity index (χ0n) is 27.0. The third-order valence-electron chi connectivity index (χ3n) is 8.61. The second kappa shape index (κ2) is 16.1. The van der Waals surface area contributed by atoms with Crippen LogP contribution in [0.5, 0.6) is 23.0 Å². The molecule has 5 N–H and O–H groups in total. The topological polar surface area (TPSA) is 125 Å². The number of carbonyl (C=O) groups excluding carboxylic acids is 1. The minimum absolute atomic E-state index is 0.0400. The van der Waals surface area contributed by atoms with Gasteiger partial charge in [0.05, 0.1) is 6.61 Å². The predicted molar refractivity (Wildman–Crippen MR) is 187 cm³/mol. The summed E-state index contributed by atoms with van der Waals surface area (Å²) in [5.41, 5.74) is 13.7. The van der Waals surface area contributed by atoms with Crippen molar-refractivity contribution in [2.24, 2.45) is 10.7 Å². The molecule has 47 heavy (non-hydrogen) atoms. The fourth-order valence-electron chi connectivity index (χ4n) is 6.02. The number of phenolic OH excluding ortho intramolecular Hbond substituents is 3. The Morgan fingerprint density at radius 1 is 0.936 bits per heavy atom. The molecule has 7 heteroatoms. The molecule has 5 rings (SSSR count). The number of rotatable bonds is 15. The van der Waals surface area contributed by atoms with E-state index >= 15 is 0 Å². The SMILES string of the molecule is CCCCCC=CC(=O)CCc1ccc(O)c(OCCc2ccc(O)c(Cc3ccc4c(c3)CC=NC4N)c2-c2ccc(O)cc2)c1. The van der Waals surface area contributed by atoms with Crippen LogP contribution in [-0.4, -0.2) is 33.9 Å². The first kappa shape index (κ1) is 33.5. The van der Waals surface area contributed by atoms with Crippen molar-refractivity contribution in [3.63, 3.8) is 0 Å². The first-order valence-electron chi connectivity index (χ1n) is 16.5. The molecule has 0 bridgehead atoms. The summed E-state index contributed by atoms with van der Waals surface area (Å²) in [4.78, 5) is 16.6. The number of fused-ring (bicyclic) bond motifs is 1. The number of allylic oxidation sites excluding steroid dienone is 2. The molecule has 1 atom stereocenters. The van der Waals surface area contributed by atoms with Crippen molar-refractivity contribution in [3.8, 4) is 34.1 Å². The molecule has 0 aromatic heterocycles. The third kappa shape index (κ3) is 8.89. The fraction of sp³-hybridized carbons (Fsp3) is 0.300. The molecule has 0 spiro atoms. The summed E-state index contributed by atoms with van der Waals surface area (Å²) in [7, 11) is 0. The van der Waals surface area contributed by atoms with Crippen LogP contribution in [0.4, 0.5) is 0 Å². The Labute approximate surface area is 277 Å². The molecule has 1 aliphatic heterocycles. The van der Waals surface area contributed by atoms with Crippen molar-refractivity contribution >= 4 is 12.0 Å². The first-order valence-corrected chi connectivity index (χ1v) is 16.5. The number of aryl methyl sites for hydroxylation is 1. The van der Waals surface area contributed by atoms with E-state index in [-0.39, 0.29) is 35.8 Å². The summed E-state index contributed by atoms with van der Waals surface area (Å²) in [6, 6.07) is 22.0. The third-order valence-corrected chi connectivity index (χ3v) is 8.61. The van der Waals surface area contributed by atoms with Crippen LogP contribution < -0.4 is 10.5 Å². The normalized spacial score (nSPS) is 14.0. The van der Waals surface area contributed by atoms with Gasteiger partial charge in [-0.15, -0.1) is 0 Å². The van der Waals surface area contributed by atoms with Crippen molar-refractivity contribution in [1.29, 1.82) is 0 Å². The van der Waals surface area contributed by atoms with E-state index in [1.807, 2.05) is 48.7 Å². The Balaban J connectivity index is 1.31. The van der Waals surface area contributed by atoms with Gasteiger partial charge >= 0.3 is 0 Å². The Bertz CT molecular complexity index is 1740. The summed E-state index contributed by atoms with van der Waals surface area (Å²) in [6.45, 7) is 2.44. The van der Waals surface area contributed by atoms with Gasteiger partial charge in [0.15, 0.2) is 17.3 Å². The lowest BCUT2D eigenvalue weighted by Gasteiger charge is -2.20. The molecule has 7 nitrogen and oxygen atoms in total. The van der Waals surface area contributed by atoms with E-state index in [1.54, 1.807) is 36.4 Å². The van der Waals surface area contributed by atoms with Gasteiger partial charge < -0.3 is 25.8 Å². The van der Waals surface area contributed by atoms with Gasteiger partial charge in [0.1, 0.15) is 17.7 Å². The quantitative estimate of drug-likeness (QED) is 0.0780. The van der Waals surface area contributed by atoms with E-state index in [0.717, 1.165) is 63.8 Å².